The first-order valence-electron chi connectivity index (χ1n) is 13.6. The van der Waals surface area contributed by atoms with Crippen LogP contribution in [-0.2, 0) is 19.0 Å². The van der Waals surface area contributed by atoms with E-state index in [1.54, 1.807) is 18.7 Å². The van der Waals surface area contributed by atoms with Gasteiger partial charge in [0.25, 0.3) is 0 Å². The molecule has 2 aromatic carbocycles. The molecule has 0 aromatic heterocycles. The monoisotopic (exact) mass is 525 g/mol. The quantitative estimate of drug-likeness (QED) is 0.350. The number of nitrogens with zero attached hydrogens (tertiary/aromatic N) is 1. The molecule has 0 N–H and O–H groups in total. The summed E-state index contributed by atoms with van der Waals surface area (Å²) >= 11 is 0. The van der Waals surface area contributed by atoms with Crippen molar-refractivity contribution in [1.82, 2.24) is 4.90 Å². The number of esters is 2. The molecule has 4 atom stereocenters. The zero-order chi connectivity index (χ0) is 27.4. The van der Waals surface area contributed by atoms with Crippen LogP contribution in [0.4, 0.5) is 4.79 Å². The predicted molar refractivity (Wildman–Crippen MR) is 143 cm³/mol. The maximum atomic E-state index is 13.0. The molecule has 2 fully saturated rings. The third kappa shape index (κ3) is 6.40. The van der Waals surface area contributed by atoms with Crippen LogP contribution in [0.15, 0.2) is 36.4 Å². The summed E-state index contributed by atoms with van der Waals surface area (Å²) in [5, 5.41) is 1.93. The summed E-state index contributed by atoms with van der Waals surface area (Å²) in [4.78, 5) is 40.2. The Hall–Kier alpha value is -3.29. The molecule has 4 rings (SSSR count). The highest BCUT2D eigenvalue weighted by Crippen LogP contribution is 2.41. The normalized spacial score (nSPS) is 23.3. The number of piperidine rings is 1. The molecular formula is C30H39NO7. The van der Waals surface area contributed by atoms with Gasteiger partial charge in [-0.05, 0) is 95.0 Å². The van der Waals surface area contributed by atoms with Crippen molar-refractivity contribution in [2.75, 3.05) is 19.8 Å². The van der Waals surface area contributed by atoms with Gasteiger partial charge in [-0.2, -0.15) is 0 Å². The van der Waals surface area contributed by atoms with Crippen molar-refractivity contribution in [2.45, 2.75) is 78.0 Å². The molecule has 1 amide bonds. The lowest BCUT2D eigenvalue weighted by Crippen LogP contribution is -2.56. The Morgan fingerprint density at radius 3 is 2.26 bits per heavy atom. The second-order valence-electron chi connectivity index (χ2n) is 11.1. The lowest BCUT2D eigenvalue weighted by molar-refractivity contribution is -0.153. The fraction of sp³-hybridized carbons (Fsp3) is 0.567. The van der Waals surface area contributed by atoms with Crippen molar-refractivity contribution >= 4 is 28.8 Å². The van der Waals surface area contributed by atoms with E-state index in [1.807, 2.05) is 57.2 Å². The highest BCUT2D eigenvalue weighted by Gasteiger charge is 2.46. The minimum absolute atomic E-state index is 0.124. The summed E-state index contributed by atoms with van der Waals surface area (Å²) in [6, 6.07) is 10.9. The molecule has 0 unspecified atom stereocenters. The molecule has 0 bridgehead atoms. The molecule has 8 nitrogen and oxygen atoms in total. The number of likely N-dealkylation sites (tertiary alicyclic amines) is 1. The molecule has 0 spiro atoms. The topological polar surface area (TPSA) is 91.4 Å². The molecule has 0 radical (unpaired) electrons. The van der Waals surface area contributed by atoms with E-state index in [0.717, 1.165) is 30.0 Å². The maximum Gasteiger partial charge on any atom is 0.411 e. The van der Waals surface area contributed by atoms with Crippen LogP contribution in [0, 0.1) is 11.8 Å². The van der Waals surface area contributed by atoms with Gasteiger partial charge < -0.3 is 18.9 Å². The highest BCUT2D eigenvalue weighted by atomic mass is 16.6. The van der Waals surface area contributed by atoms with E-state index in [2.05, 4.69) is 0 Å². The fourth-order valence-electron chi connectivity index (χ4n) is 5.56. The van der Waals surface area contributed by atoms with Crippen LogP contribution in [0.5, 0.6) is 5.75 Å². The minimum Gasteiger partial charge on any atom is -0.489 e. The zero-order valence-electron chi connectivity index (χ0n) is 23.0. The zero-order valence-corrected chi connectivity index (χ0v) is 23.0. The molecule has 8 heteroatoms. The van der Waals surface area contributed by atoms with E-state index in [4.69, 9.17) is 18.9 Å². The van der Waals surface area contributed by atoms with Crippen LogP contribution in [0.2, 0.25) is 0 Å². The fourth-order valence-corrected chi connectivity index (χ4v) is 5.56. The number of benzene rings is 2. The first kappa shape index (κ1) is 27.7. The van der Waals surface area contributed by atoms with Gasteiger partial charge in [-0.15, -0.1) is 0 Å². The van der Waals surface area contributed by atoms with Crippen molar-refractivity contribution in [3.8, 4) is 5.75 Å². The summed E-state index contributed by atoms with van der Waals surface area (Å²) in [7, 11) is 0. The Balaban J connectivity index is 1.53. The van der Waals surface area contributed by atoms with Gasteiger partial charge >= 0.3 is 18.0 Å². The van der Waals surface area contributed by atoms with Crippen LogP contribution in [0.25, 0.3) is 10.8 Å². The Morgan fingerprint density at radius 1 is 0.921 bits per heavy atom. The number of amides is 1. The minimum atomic E-state index is -0.694. The summed E-state index contributed by atoms with van der Waals surface area (Å²) in [5.41, 5.74) is -0.244. The largest absolute Gasteiger partial charge is 0.489 e. The smallest absolute Gasteiger partial charge is 0.411 e. The average Bonchev–Trinajstić information content (AvgIpc) is 2.86. The predicted octanol–water partition coefficient (Wildman–Crippen LogP) is 5.75. The van der Waals surface area contributed by atoms with Gasteiger partial charge in [-0.3, -0.25) is 4.90 Å². The molecule has 206 valence electrons. The molecule has 2 aromatic rings. The van der Waals surface area contributed by atoms with Gasteiger partial charge in [0.15, 0.2) is 0 Å². The Labute approximate surface area is 224 Å². The van der Waals surface area contributed by atoms with E-state index < -0.39 is 29.7 Å². The maximum absolute atomic E-state index is 13.0. The average molecular weight is 526 g/mol. The third-order valence-electron chi connectivity index (χ3n) is 7.25. The van der Waals surface area contributed by atoms with Crippen LogP contribution in [-0.4, -0.2) is 60.4 Å². The van der Waals surface area contributed by atoms with E-state index in [9.17, 15) is 14.4 Å². The second-order valence-corrected chi connectivity index (χ2v) is 11.1. The van der Waals surface area contributed by atoms with Crippen LogP contribution >= 0.6 is 0 Å². The first-order valence-corrected chi connectivity index (χ1v) is 13.6. The van der Waals surface area contributed by atoms with Crippen molar-refractivity contribution in [1.29, 1.82) is 0 Å². The molecule has 38 heavy (non-hydrogen) atoms. The van der Waals surface area contributed by atoms with Crippen LogP contribution < -0.4 is 4.74 Å². The molecule has 1 saturated heterocycles. The lowest BCUT2D eigenvalue weighted by Gasteiger charge is -2.46. The van der Waals surface area contributed by atoms with E-state index in [1.165, 1.54) is 0 Å². The van der Waals surface area contributed by atoms with E-state index in [-0.39, 0.29) is 31.2 Å². The number of carbonyl (C=O) groups excluding carboxylic acids is 3. The standard InChI is InChI=1S/C30H39NO7/c1-6-35-27(32)24-15-19-10-8-9-11-20(19)17-26(24)37-23-13-12-21-18-31(29(34)38-30(3,4)5)25(16-22(21)14-23)28(33)36-7-2/h8-11,15,17,21-23,25H,6-7,12-14,16,18H2,1-5H3/t21-,22+,23-,25-/m0/s1. The molecule has 1 aliphatic heterocycles. The number of rotatable bonds is 6. The summed E-state index contributed by atoms with van der Waals surface area (Å²) in [5.74, 6) is 0.107. The van der Waals surface area contributed by atoms with Gasteiger partial charge in [0, 0.05) is 6.54 Å². The van der Waals surface area contributed by atoms with Crippen molar-refractivity contribution < 1.29 is 33.3 Å². The van der Waals surface area contributed by atoms with Crippen molar-refractivity contribution in [3.63, 3.8) is 0 Å². The number of hydrogen-bond acceptors (Lipinski definition) is 7. The van der Waals surface area contributed by atoms with Gasteiger partial charge in [0.1, 0.15) is 23.0 Å². The SMILES string of the molecule is CCOC(=O)c1cc2ccccc2cc1O[C@H]1CC[C@H]2CN(C(=O)OC(C)(C)C)[C@H](C(=O)OCC)C[C@H]2C1. The van der Waals surface area contributed by atoms with Gasteiger partial charge in [-0.1, -0.05) is 24.3 Å². The summed E-state index contributed by atoms with van der Waals surface area (Å²) < 4.78 is 22.7. The number of fused-ring (bicyclic) bond motifs is 2. The van der Waals surface area contributed by atoms with Gasteiger partial charge in [0.2, 0.25) is 0 Å². The number of hydrogen-bond donors (Lipinski definition) is 0. The Kier molecular flexibility index (Phi) is 8.48. The van der Waals surface area contributed by atoms with E-state index >= 15 is 0 Å². The van der Waals surface area contributed by atoms with Crippen LogP contribution in [0.1, 0.15) is 70.7 Å². The Morgan fingerprint density at radius 2 is 1.61 bits per heavy atom. The van der Waals surface area contributed by atoms with Gasteiger partial charge in [-0.25, -0.2) is 14.4 Å². The molecule has 1 aliphatic carbocycles. The second kappa shape index (κ2) is 11.6. The molecule has 1 saturated carbocycles. The van der Waals surface area contributed by atoms with Crippen molar-refractivity contribution in [2.24, 2.45) is 11.8 Å². The van der Waals surface area contributed by atoms with Crippen LogP contribution in [0.3, 0.4) is 0 Å². The van der Waals surface area contributed by atoms with Crippen molar-refractivity contribution in [3.05, 3.63) is 42.0 Å². The number of carbonyl (C=O) groups is 3. The summed E-state index contributed by atoms with van der Waals surface area (Å²) in [6.45, 7) is 9.96. The molecule has 1 heterocycles. The highest BCUT2D eigenvalue weighted by molar-refractivity contribution is 5.98. The van der Waals surface area contributed by atoms with Gasteiger partial charge in [0.05, 0.1) is 19.3 Å². The molecular weight excluding hydrogens is 486 g/mol. The molecule has 2 aliphatic rings. The third-order valence-corrected chi connectivity index (χ3v) is 7.25. The first-order chi connectivity index (χ1) is 18.1. The Bertz CT molecular complexity index is 1170. The lowest BCUT2D eigenvalue weighted by atomic mass is 9.72. The van der Waals surface area contributed by atoms with E-state index in [0.29, 0.717) is 24.3 Å². The summed E-state index contributed by atoms with van der Waals surface area (Å²) in [6.07, 6.45) is 2.22. The number of ether oxygens (including phenoxy) is 4.